The van der Waals surface area contributed by atoms with E-state index in [-0.39, 0.29) is 8.61 Å². The van der Waals surface area contributed by atoms with Crippen molar-refractivity contribution in [1.82, 2.24) is 4.67 Å². The normalized spacial score (nSPS) is 12.3. The van der Waals surface area contributed by atoms with Gasteiger partial charge in [0.25, 0.3) is 0 Å². The van der Waals surface area contributed by atoms with Gasteiger partial charge in [-0.05, 0) is 11.8 Å². The Kier molecular flexibility index (Phi) is 5.71. The van der Waals surface area contributed by atoms with Crippen LogP contribution < -0.4 is 0 Å². The van der Waals surface area contributed by atoms with E-state index < -0.39 is 0 Å². The van der Waals surface area contributed by atoms with Crippen LogP contribution in [0.1, 0.15) is 27.7 Å². The summed E-state index contributed by atoms with van der Waals surface area (Å²) in [4.78, 5) is 0. The van der Waals surface area contributed by atoms with Gasteiger partial charge in [0.2, 0.25) is 8.61 Å². The van der Waals surface area contributed by atoms with E-state index in [1.54, 1.807) is 0 Å². The fraction of sp³-hybridized carbons (Fsp3) is 1.00. The van der Waals surface area contributed by atoms with Gasteiger partial charge < -0.3 is 0 Å². The third-order valence-corrected chi connectivity index (χ3v) is 1.82. The molecule has 0 aliphatic rings. The van der Waals surface area contributed by atoms with Gasteiger partial charge in [0.15, 0.2) is 0 Å². The zero-order valence-corrected chi connectivity index (χ0v) is 8.77. The third kappa shape index (κ3) is 6.46. The number of rotatable bonds is 5. The first kappa shape index (κ1) is 11.1. The molecule has 0 aliphatic heterocycles. The first-order valence-electron chi connectivity index (χ1n) is 4.14. The summed E-state index contributed by atoms with van der Waals surface area (Å²) in [6.07, 6.45) is 0. The lowest BCUT2D eigenvalue weighted by molar-refractivity contribution is 0.348. The SMILES string of the molecule is CC(C)CN(CC(C)C)P=O. The summed E-state index contributed by atoms with van der Waals surface area (Å²) in [6.45, 7) is 10.4. The summed E-state index contributed by atoms with van der Waals surface area (Å²) in [6, 6.07) is 0. The summed E-state index contributed by atoms with van der Waals surface area (Å²) in [5.41, 5.74) is 0. The van der Waals surface area contributed by atoms with E-state index in [4.69, 9.17) is 0 Å². The minimum absolute atomic E-state index is 0.164. The Morgan fingerprint density at radius 2 is 1.45 bits per heavy atom. The first-order valence-corrected chi connectivity index (χ1v) is 4.91. The van der Waals surface area contributed by atoms with Gasteiger partial charge in [-0.1, -0.05) is 27.7 Å². The molecule has 0 aromatic rings. The van der Waals surface area contributed by atoms with Gasteiger partial charge >= 0.3 is 0 Å². The Bertz CT molecular complexity index is 105. The molecule has 0 rings (SSSR count). The van der Waals surface area contributed by atoms with Crippen molar-refractivity contribution in [2.45, 2.75) is 27.7 Å². The van der Waals surface area contributed by atoms with Gasteiger partial charge in [-0.3, -0.25) is 4.57 Å². The molecular formula is C8H18NOP. The van der Waals surface area contributed by atoms with E-state index in [2.05, 4.69) is 27.7 Å². The molecule has 0 N–H and O–H groups in total. The number of nitrogens with zero attached hydrogens (tertiary/aromatic N) is 1. The van der Waals surface area contributed by atoms with E-state index >= 15 is 0 Å². The van der Waals surface area contributed by atoms with Crippen LogP contribution in [0.5, 0.6) is 0 Å². The van der Waals surface area contributed by atoms with Gasteiger partial charge in [0.1, 0.15) is 0 Å². The molecule has 0 atom stereocenters. The molecule has 0 amide bonds. The zero-order valence-electron chi connectivity index (χ0n) is 7.87. The van der Waals surface area contributed by atoms with Crippen molar-refractivity contribution in [1.29, 1.82) is 0 Å². The maximum absolute atomic E-state index is 10.6. The van der Waals surface area contributed by atoms with Crippen molar-refractivity contribution in [3.8, 4) is 0 Å². The summed E-state index contributed by atoms with van der Waals surface area (Å²) in [5.74, 6) is 1.19. The largest absolute Gasteiger partial charge is 0.256 e. The van der Waals surface area contributed by atoms with Crippen LogP contribution in [0.25, 0.3) is 0 Å². The monoisotopic (exact) mass is 175 g/mol. The van der Waals surface area contributed by atoms with Crippen LogP contribution >= 0.6 is 8.61 Å². The van der Waals surface area contributed by atoms with Crippen LogP contribution in [0, 0.1) is 11.8 Å². The molecule has 66 valence electrons. The van der Waals surface area contributed by atoms with Crippen LogP contribution in [-0.2, 0) is 4.57 Å². The predicted molar refractivity (Wildman–Crippen MR) is 48.9 cm³/mol. The lowest BCUT2D eigenvalue weighted by Crippen LogP contribution is -2.22. The summed E-state index contributed by atoms with van der Waals surface area (Å²) in [5, 5.41) is 0. The number of hydrogen-bond donors (Lipinski definition) is 0. The Balaban J connectivity index is 3.67. The van der Waals surface area contributed by atoms with Crippen LogP contribution in [0.15, 0.2) is 0 Å². The molecule has 0 spiro atoms. The molecule has 0 aliphatic carbocycles. The lowest BCUT2D eigenvalue weighted by atomic mass is 10.2. The summed E-state index contributed by atoms with van der Waals surface area (Å²) >= 11 is 0. The molecule has 0 unspecified atom stereocenters. The van der Waals surface area contributed by atoms with Crippen molar-refractivity contribution < 1.29 is 4.57 Å². The van der Waals surface area contributed by atoms with Gasteiger partial charge in [-0.15, -0.1) is 0 Å². The molecule has 0 bridgehead atoms. The Hall–Kier alpha value is 0.0600. The number of hydrogen-bond acceptors (Lipinski definition) is 1. The van der Waals surface area contributed by atoms with Gasteiger partial charge in [-0.2, -0.15) is 0 Å². The third-order valence-electron chi connectivity index (χ3n) is 1.27. The van der Waals surface area contributed by atoms with Crippen LogP contribution in [-0.4, -0.2) is 17.8 Å². The molecule has 2 nitrogen and oxygen atoms in total. The highest BCUT2D eigenvalue weighted by Gasteiger charge is 2.08. The minimum atomic E-state index is 0.164. The zero-order chi connectivity index (χ0) is 8.85. The second kappa shape index (κ2) is 5.68. The summed E-state index contributed by atoms with van der Waals surface area (Å²) < 4.78 is 12.5. The van der Waals surface area contributed by atoms with E-state index in [1.807, 2.05) is 4.67 Å². The molecule has 0 saturated heterocycles. The standard InChI is InChI=1S/C8H18NOP/c1-7(2)5-9(11-10)6-8(3)4/h7-8H,5-6H2,1-4H3. The van der Waals surface area contributed by atoms with E-state index in [0.29, 0.717) is 11.8 Å². The Morgan fingerprint density at radius 1 is 1.09 bits per heavy atom. The molecule has 0 radical (unpaired) electrons. The lowest BCUT2D eigenvalue weighted by Gasteiger charge is -2.17. The molecule has 0 saturated carbocycles. The molecule has 0 heterocycles. The fourth-order valence-corrected chi connectivity index (χ4v) is 1.77. The maximum atomic E-state index is 10.6. The second-order valence-corrected chi connectivity index (χ2v) is 4.47. The Morgan fingerprint density at radius 3 is 1.64 bits per heavy atom. The van der Waals surface area contributed by atoms with Crippen molar-refractivity contribution in [3.63, 3.8) is 0 Å². The van der Waals surface area contributed by atoms with Crippen LogP contribution in [0.4, 0.5) is 0 Å². The topological polar surface area (TPSA) is 20.3 Å². The van der Waals surface area contributed by atoms with Crippen molar-refractivity contribution in [3.05, 3.63) is 0 Å². The first-order chi connectivity index (χ1) is 5.06. The molecule has 0 aromatic heterocycles. The smallest absolute Gasteiger partial charge is 0.248 e. The molecule has 3 heteroatoms. The summed E-state index contributed by atoms with van der Waals surface area (Å²) in [7, 11) is 0.164. The van der Waals surface area contributed by atoms with Crippen molar-refractivity contribution in [2.24, 2.45) is 11.8 Å². The highest BCUT2D eigenvalue weighted by molar-refractivity contribution is 7.20. The second-order valence-electron chi connectivity index (χ2n) is 3.74. The van der Waals surface area contributed by atoms with E-state index in [0.717, 1.165) is 13.1 Å². The van der Waals surface area contributed by atoms with Gasteiger partial charge in [0, 0.05) is 13.1 Å². The highest BCUT2D eigenvalue weighted by Crippen LogP contribution is 2.11. The minimum Gasteiger partial charge on any atom is -0.256 e. The van der Waals surface area contributed by atoms with Gasteiger partial charge in [0.05, 0.1) is 0 Å². The quantitative estimate of drug-likeness (QED) is 0.599. The van der Waals surface area contributed by atoms with Gasteiger partial charge in [-0.25, -0.2) is 4.67 Å². The molecular weight excluding hydrogens is 157 g/mol. The predicted octanol–water partition coefficient (Wildman–Crippen LogP) is 2.81. The molecule has 0 aromatic carbocycles. The Labute approximate surface area is 71.2 Å². The maximum Gasteiger partial charge on any atom is 0.248 e. The van der Waals surface area contributed by atoms with Crippen LogP contribution in [0.2, 0.25) is 0 Å². The molecule has 0 fully saturated rings. The van der Waals surface area contributed by atoms with Crippen LogP contribution in [0.3, 0.4) is 0 Å². The van der Waals surface area contributed by atoms with Crippen molar-refractivity contribution >= 4 is 8.61 Å². The van der Waals surface area contributed by atoms with E-state index in [1.165, 1.54) is 0 Å². The highest BCUT2D eigenvalue weighted by atomic mass is 31.1. The van der Waals surface area contributed by atoms with E-state index in [9.17, 15) is 4.57 Å². The molecule has 11 heavy (non-hydrogen) atoms. The van der Waals surface area contributed by atoms with Crippen molar-refractivity contribution in [2.75, 3.05) is 13.1 Å². The fourth-order valence-electron chi connectivity index (χ4n) is 0.984. The average Bonchev–Trinajstić information content (AvgIpc) is 1.84. The average molecular weight is 175 g/mol.